The van der Waals surface area contributed by atoms with E-state index in [1.165, 1.54) is 12.1 Å². The minimum Gasteiger partial charge on any atom is -0.457 e. The zero-order chi connectivity index (χ0) is 14.0. The van der Waals surface area contributed by atoms with Gasteiger partial charge in [0.25, 0.3) is 0 Å². The van der Waals surface area contributed by atoms with Crippen LogP contribution < -0.4 is 5.73 Å². The van der Waals surface area contributed by atoms with Crippen LogP contribution in [0.15, 0.2) is 33.2 Å². The molecule has 2 N–H and O–H groups in total. The lowest BCUT2D eigenvalue weighted by Gasteiger charge is -2.04. The summed E-state index contributed by atoms with van der Waals surface area (Å²) in [4.78, 5) is 11.9. The number of nitrogens with two attached hydrogens (primary N) is 1. The summed E-state index contributed by atoms with van der Waals surface area (Å²) in [6.07, 6.45) is -0.408. The molecule has 0 bridgehead atoms. The fraction of sp³-hybridized carbons (Fsp3) is 0.154. The van der Waals surface area contributed by atoms with Crippen molar-refractivity contribution in [3.63, 3.8) is 0 Å². The number of carbonyl (C=O) groups excluding carboxylic acids is 1. The van der Waals surface area contributed by atoms with Gasteiger partial charge in [0, 0.05) is 12.0 Å². The van der Waals surface area contributed by atoms with Crippen LogP contribution in [0.5, 0.6) is 0 Å². The van der Waals surface area contributed by atoms with Crippen LogP contribution in [-0.2, 0) is 13.0 Å². The molecule has 19 heavy (non-hydrogen) atoms. The molecule has 0 fully saturated rings. The van der Waals surface area contributed by atoms with Crippen LogP contribution in [0.3, 0.4) is 0 Å². The zero-order valence-corrected chi connectivity index (χ0v) is 11.3. The quantitative estimate of drug-likeness (QED) is 0.692. The van der Waals surface area contributed by atoms with Crippen molar-refractivity contribution in [1.82, 2.24) is 0 Å². The summed E-state index contributed by atoms with van der Waals surface area (Å²) in [5.41, 5.74) is 5.07. The first-order chi connectivity index (χ1) is 9.02. The Bertz CT molecular complexity index is 625. The molecule has 0 aliphatic carbocycles. The monoisotopic (exact) mass is 329 g/mol. The van der Waals surface area contributed by atoms with Crippen molar-refractivity contribution < 1.29 is 18.0 Å². The smallest absolute Gasteiger partial charge is 0.202 e. The summed E-state index contributed by atoms with van der Waals surface area (Å²) in [6, 6.07) is 5.35. The molecule has 6 heteroatoms. The third kappa shape index (κ3) is 2.90. The summed E-state index contributed by atoms with van der Waals surface area (Å²) >= 11 is 2.95. The van der Waals surface area contributed by atoms with Crippen molar-refractivity contribution in [3.05, 3.63) is 57.5 Å². The molecule has 1 aromatic carbocycles. The van der Waals surface area contributed by atoms with Gasteiger partial charge in [0.05, 0.1) is 11.0 Å². The second-order valence-electron chi connectivity index (χ2n) is 3.89. The summed E-state index contributed by atoms with van der Waals surface area (Å²) in [6.45, 7) is 0.160. The number of furan rings is 1. The van der Waals surface area contributed by atoms with E-state index < -0.39 is 23.8 Å². The molecule has 0 unspecified atom stereocenters. The molecule has 0 radical (unpaired) electrons. The highest BCUT2D eigenvalue weighted by Gasteiger charge is 2.18. The fourth-order valence-electron chi connectivity index (χ4n) is 1.62. The number of benzene rings is 1. The first kappa shape index (κ1) is 13.9. The third-order valence-corrected chi connectivity index (χ3v) is 3.23. The van der Waals surface area contributed by atoms with Crippen LogP contribution in [0, 0.1) is 11.6 Å². The normalized spacial score (nSPS) is 10.7. The van der Waals surface area contributed by atoms with Crippen molar-refractivity contribution in [2.75, 3.05) is 0 Å². The van der Waals surface area contributed by atoms with Gasteiger partial charge in [-0.05, 0) is 40.2 Å². The Kier molecular flexibility index (Phi) is 4.11. The van der Waals surface area contributed by atoms with E-state index in [0.29, 0.717) is 5.76 Å². The number of Topliss-reactive ketones (excluding diaryl/α,β-unsaturated/α-hetero) is 1. The van der Waals surface area contributed by atoms with Gasteiger partial charge in [0.1, 0.15) is 17.4 Å². The van der Waals surface area contributed by atoms with E-state index in [2.05, 4.69) is 15.9 Å². The van der Waals surface area contributed by atoms with E-state index in [1.807, 2.05) is 0 Å². The third-order valence-electron chi connectivity index (χ3n) is 2.61. The summed E-state index contributed by atoms with van der Waals surface area (Å²) < 4.78 is 32.5. The van der Waals surface area contributed by atoms with Gasteiger partial charge in [0.2, 0.25) is 5.78 Å². The van der Waals surface area contributed by atoms with Gasteiger partial charge in [-0.15, -0.1) is 0 Å². The maximum absolute atomic E-state index is 13.7. The number of hydrogen-bond donors (Lipinski definition) is 1. The Hall–Kier alpha value is -1.53. The van der Waals surface area contributed by atoms with Crippen LogP contribution in [0.2, 0.25) is 0 Å². The van der Waals surface area contributed by atoms with Gasteiger partial charge in [-0.25, -0.2) is 8.78 Å². The number of halogens is 3. The second-order valence-corrected chi connectivity index (χ2v) is 4.75. The highest BCUT2D eigenvalue weighted by Crippen LogP contribution is 2.23. The Labute approximate surface area is 116 Å². The van der Waals surface area contributed by atoms with Crippen LogP contribution in [-0.4, -0.2) is 5.78 Å². The predicted octanol–water partition coefficient (Wildman–Crippen LogP) is 3.20. The number of carbonyl (C=O) groups is 1. The summed E-state index contributed by atoms with van der Waals surface area (Å²) in [5.74, 6) is -1.56. The van der Waals surface area contributed by atoms with Crippen LogP contribution in [0.1, 0.15) is 21.9 Å². The minimum atomic E-state index is -0.779. The number of hydrogen-bond acceptors (Lipinski definition) is 3. The Morgan fingerprint density at radius 1 is 1.26 bits per heavy atom. The summed E-state index contributed by atoms with van der Waals surface area (Å²) in [7, 11) is 0. The molecule has 0 saturated carbocycles. The maximum atomic E-state index is 13.7. The van der Waals surface area contributed by atoms with Gasteiger partial charge < -0.3 is 10.2 Å². The van der Waals surface area contributed by atoms with Crippen LogP contribution >= 0.6 is 15.9 Å². The molecule has 0 atom stereocenters. The topological polar surface area (TPSA) is 56.2 Å². The van der Waals surface area contributed by atoms with E-state index in [1.54, 1.807) is 6.07 Å². The average Bonchev–Trinajstić information content (AvgIpc) is 2.88. The van der Waals surface area contributed by atoms with Gasteiger partial charge in [-0.1, -0.05) is 0 Å². The molecule has 2 aromatic rings. The average molecular weight is 330 g/mol. The fourth-order valence-corrected chi connectivity index (χ4v) is 1.99. The van der Waals surface area contributed by atoms with Gasteiger partial charge in [0.15, 0.2) is 5.76 Å². The number of rotatable bonds is 4. The molecule has 100 valence electrons. The van der Waals surface area contributed by atoms with Gasteiger partial charge in [-0.3, -0.25) is 4.79 Å². The number of ketones is 1. The lowest BCUT2D eigenvalue weighted by atomic mass is 10.1. The van der Waals surface area contributed by atoms with E-state index in [9.17, 15) is 13.6 Å². The minimum absolute atomic E-state index is 0.0409. The van der Waals surface area contributed by atoms with Crippen molar-refractivity contribution in [2.24, 2.45) is 5.73 Å². The highest BCUT2D eigenvalue weighted by atomic mass is 79.9. The molecule has 0 amide bonds. The molecular weight excluding hydrogens is 320 g/mol. The lowest BCUT2D eigenvalue weighted by Crippen LogP contribution is -2.07. The standard InChI is InChI=1S/C13H10BrF2NO2/c14-9-2-3-10(15)8(13(9)16)5-11(18)12-4-1-7(6-17)19-12/h1-4H,5-6,17H2. The Morgan fingerprint density at radius 2 is 2.00 bits per heavy atom. The molecule has 1 aromatic heterocycles. The van der Waals surface area contributed by atoms with E-state index in [4.69, 9.17) is 10.2 Å². The van der Waals surface area contributed by atoms with E-state index >= 15 is 0 Å². The van der Waals surface area contributed by atoms with Crippen molar-refractivity contribution in [2.45, 2.75) is 13.0 Å². The first-order valence-electron chi connectivity index (χ1n) is 5.47. The van der Waals surface area contributed by atoms with E-state index in [0.717, 1.165) is 6.07 Å². The second kappa shape index (κ2) is 5.63. The van der Waals surface area contributed by atoms with Crippen LogP contribution in [0.4, 0.5) is 8.78 Å². The molecule has 0 aliphatic heterocycles. The van der Waals surface area contributed by atoms with Crippen LogP contribution in [0.25, 0.3) is 0 Å². The lowest BCUT2D eigenvalue weighted by molar-refractivity contribution is 0.0962. The maximum Gasteiger partial charge on any atom is 0.202 e. The predicted molar refractivity (Wildman–Crippen MR) is 68.7 cm³/mol. The first-order valence-corrected chi connectivity index (χ1v) is 6.26. The van der Waals surface area contributed by atoms with Gasteiger partial charge in [-0.2, -0.15) is 0 Å². The van der Waals surface area contributed by atoms with Crippen molar-refractivity contribution in [3.8, 4) is 0 Å². The SMILES string of the molecule is NCc1ccc(C(=O)Cc2c(F)ccc(Br)c2F)o1. The van der Waals surface area contributed by atoms with Crippen molar-refractivity contribution in [1.29, 1.82) is 0 Å². The molecule has 0 saturated heterocycles. The molecular formula is C13H10BrF2NO2. The highest BCUT2D eigenvalue weighted by molar-refractivity contribution is 9.10. The molecule has 1 heterocycles. The molecule has 3 nitrogen and oxygen atoms in total. The zero-order valence-electron chi connectivity index (χ0n) is 9.75. The summed E-state index contributed by atoms with van der Waals surface area (Å²) in [5, 5.41) is 0. The molecule has 0 aliphatic rings. The molecule has 2 rings (SSSR count). The van der Waals surface area contributed by atoms with Crippen molar-refractivity contribution >= 4 is 21.7 Å². The Balaban J connectivity index is 2.26. The largest absolute Gasteiger partial charge is 0.457 e. The molecule has 0 spiro atoms. The van der Waals surface area contributed by atoms with Gasteiger partial charge >= 0.3 is 0 Å². The Morgan fingerprint density at radius 3 is 2.63 bits per heavy atom. The van der Waals surface area contributed by atoms with E-state index in [-0.39, 0.29) is 22.3 Å².